The Labute approximate surface area is 183 Å². The first-order valence-corrected chi connectivity index (χ1v) is 12.0. The third kappa shape index (κ3) is 3.17. The number of carbonyl (C=O) groups excluding carboxylic acids is 2. The highest BCUT2D eigenvalue weighted by Gasteiger charge is 2.60. The highest BCUT2D eigenvalue weighted by atomic mass is 16.2. The Kier molecular flexibility index (Phi) is 4.25. The number of fused-ring (bicyclic) bond motifs is 3. The Morgan fingerprint density at radius 1 is 1.10 bits per heavy atom. The van der Waals surface area contributed by atoms with Gasteiger partial charge < -0.3 is 15.2 Å². The molecule has 2 N–H and O–H groups in total. The predicted octanol–water partition coefficient (Wildman–Crippen LogP) is 4.18. The van der Waals surface area contributed by atoms with Crippen LogP contribution in [0.2, 0.25) is 0 Å². The van der Waals surface area contributed by atoms with Crippen LogP contribution < -0.4 is 10.6 Å². The summed E-state index contributed by atoms with van der Waals surface area (Å²) in [5, 5.41) is 6.51. The van der Waals surface area contributed by atoms with Crippen LogP contribution in [-0.2, 0) is 22.6 Å². The first-order chi connectivity index (χ1) is 14.9. The second-order valence-corrected chi connectivity index (χ2v) is 10.9. The van der Waals surface area contributed by atoms with Gasteiger partial charge in [0, 0.05) is 31.1 Å². The van der Waals surface area contributed by atoms with Crippen LogP contribution in [0.25, 0.3) is 11.0 Å². The molecule has 7 rings (SSSR count). The van der Waals surface area contributed by atoms with Gasteiger partial charge in [0.15, 0.2) is 0 Å². The maximum atomic E-state index is 13.6. The molecule has 0 spiro atoms. The van der Waals surface area contributed by atoms with Gasteiger partial charge in [0.1, 0.15) is 5.82 Å². The number of nitrogens with zero attached hydrogens (tertiary/aromatic N) is 2. The van der Waals surface area contributed by atoms with E-state index in [4.69, 9.17) is 4.98 Å². The largest absolute Gasteiger partial charge is 0.351 e. The molecule has 1 aromatic heterocycles. The fourth-order valence-electron chi connectivity index (χ4n) is 7.74. The third-order valence-electron chi connectivity index (χ3n) is 8.35. The number of amides is 2. The number of hydrogen-bond donors (Lipinski definition) is 2. The maximum absolute atomic E-state index is 13.6. The summed E-state index contributed by atoms with van der Waals surface area (Å²) in [5.74, 6) is 2.43. The van der Waals surface area contributed by atoms with Crippen LogP contribution in [0.3, 0.4) is 0 Å². The molecule has 4 saturated carbocycles. The summed E-state index contributed by atoms with van der Waals surface area (Å²) >= 11 is 0. The number of aryl methyl sites for hydroxylation is 2. The van der Waals surface area contributed by atoms with Gasteiger partial charge in [-0.15, -0.1) is 0 Å². The lowest BCUT2D eigenvalue weighted by Gasteiger charge is -2.61. The molecule has 0 radical (unpaired) electrons. The summed E-state index contributed by atoms with van der Waals surface area (Å²) < 4.78 is 2.35. The summed E-state index contributed by atoms with van der Waals surface area (Å²) in [6, 6.07) is 6.19. The van der Waals surface area contributed by atoms with Crippen molar-refractivity contribution in [3.63, 3.8) is 0 Å². The molecular weight excluding hydrogens is 388 g/mol. The van der Waals surface area contributed by atoms with E-state index in [0.29, 0.717) is 11.8 Å². The van der Waals surface area contributed by atoms with E-state index >= 15 is 0 Å². The van der Waals surface area contributed by atoms with Crippen molar-refractivity contribution in [2.45, 2.75) is 83.2 Å². The van der Waals surface area contributed by atoms with Crippen molar-refractivity contribution in [3.05, 3.63) is 24.0 Å². The van der Waals surface area contributed by atoms with Crippen molar-refractivity contribution in [1.82, 2.24) is 14.9 Å². The molecular formula is C25H32N4O2. The normalized spacial score (nSPS) is 33.7. The molecule has 4 fully saturated rings. The van der Waals surface area contributed by atoms with E-state index in [1.54, 1.807) is 6.92 Å². The summed E-state index contributed by atoms with van der Waals surface area (Å²) in [5.41, 5.74) is 2.46. The van der Waals surface area contributed by atoms with Crippen LogP contribution >= 0.6 is 0 Å². The summed E-state index contributed by atoms with van der Waals surface area (Å²) in [6.45, 7) is 2.64. The van der Waals surface area contributed by atoms with Crippen LogP contribution in [-0.4, -0.2) is 26.9 Å². The topological polar surface area (TPSA) is 76.0 Å². The van der Waals surface area contributed by atoms with Crippen LogP contribution in [0, 0.1) is 17.3 Å². The molecule has 4 aliphatic carbocycles. The molecule has 2 amide bonds. The summed E-state index contributed by atoms with van der Waals surface area (Å²) in [7, 11) is 0. The SMILES string of the molecule is CC(=O)NC12CC3CC(C1)CC(C(=O)Nc1ccc4c(c1)nc1n4CCCCC1)(C3)C2. The fourth-order valence-corrected chi connectivity index (χ4v) is 7.74. The van der Waals surface area contributed by atoms with E-state index in [1.807, 2.05) is 12.1 Å². The molecule has 0 saturated heterocycles. The molecule has 5 aliphatic rings. The van der Waals surface area contributed by atoms with Gasteiger partial charge in [0.05, 0.1) is 16.4 Å². The Balaban J connectivity index is 1.27. The van der Waals surface area contributed by atoms with Crippen LogP contribution in [0.4, 0.5) is 5.69 Å². The molecule has 2 unspecified atom stereocenters. The molecule has 6 heteroatoms. The van der Waals surface area contributed by atoms with Crippen molar-refractivity contribution >= 4 is 28.5 Å². The third-order valence-corrected chi connectivity index (χ3v) is 8.35. The first kappa shape index (κ1) is 19.3. The van der Waals surface area contributed by atoms with Crippen LogP contribution in [0.15, 0.2) is 18.2 Å². The molecule has 2 heterocycles. The van der Waals surface area contributed by atoms with Gasteiger partial charge in [0.25, 0.3) is 0 Å². The Morgan fingerprint density at radius 3 is 2.68 bits per heavy atom. The lowest BCUT2D eigenvalue weighted by Crippen LogP contribution is -2.65. The van der Waals surface area contributed by atoms with E-state index in [2.05, 4.69) is 21.3 Å². The molecule has 164 valence electrons. The van der Waals surface area contributed by atoms with Gasteiger partial charge in [-0.2, -0.15) is 0 Å². The van der Waals surface area contributed by atoms with E-state index < -0.39 is 0 Å². The number of carbonyl (C=O) groups is 2. The number of anilines is 1. The number of aromatic nitrogens is 2. The Hall–Kier alpha value is -2.37. The second-order valence-electron chi connectivity index (χ2n) is 10.9. The van der Waals surface area contributed by atoms with Crippen molar-refractivity contribution in [2.75, 3.05) is 5.32 Å². The number of imidazole rings is 1. The number of benzene rings is 1. The minimum Gasteiger partial charge on any atom is -0.351 e. The smallest absolute Gasteiger partial charge is 0.230 e. The number of hydrogen-bond acceptors (Lipinski definition) is 3. The summed E-state index contributed by atoms with van der Waals surface area (Å²) in [6.07, 6.45) is 10.7. The zero-order chi connectivity index (χ0) is 21.2. The van der Waals surface area contributed by atoms with Crippen molar-refractivity contribution in [3.8, 4) is 0 Å². The van der Waals surface area contributed by atoms with Crippen molar-refractivity contribution in [2.24, 2.45) is 17.3 Å². The Bertz CT molecular complexity index is 1060. The standard InChI is InChI=1S/C25H32N4O2/c1-16(30)28-25-13-17-9-18(14-25)12-24(11-17,15-25)23(31)26-19-6-7-21-20(10-19)27-22-5-3-2-4-8-29(21)22/h6-7,10,17-18H,2-5,8-9,11-15H2,1H3,(H,26,31)(H,28,30). The fraction of sp³-hybridized carbons (Fsp3) is 0.640. The van der Waals surface area contributed by atoms with Gasteiger partial charge in [-0.05, 0) is 81.4 Å². The molecule has 4 bridgehead atoms. The van der Waals surface area contributed by atoms with Gasteiger partial charge in [-0.1, -0.05) is 6.42 Å². The molecule has 1 aliphatic heterocycles. The maximum Gasteiger partial charge on any atom is 0.230 e. The van der Waals surface area contributed by atoms with Crippen molar-refractivity contribution in [1.29, 1.82) is 0 Å². The molecule has 2 aromatic rings. The van der Waals surface area contributed by atoms with Crippen molar-refractivity contribution < 1.29 is 9.59 Å². The monoisotopic (exact) mass is 420 g/mol. The highest BCUT2D eigenvalue weighted by molar-refractivity contribution is 5.97. The van der Waals surface area contributed by atoms with E-state index in [1.165, 1.54) is 37.0 Å². The zero-order valence-electron chi connectivity index (χ0n) is 18.4. The molecule has 1 aromatic carbocycles. The van der Waals surface area contributed by atoms with Gasteiger partial charge in [0.2, 0.25) is 11.8 Å². The minimum atomic E-state index is -0.354. The average Bonchev–Trinajstić information content (AvgIpc) is 2.86. The van der Waals surface area contributed by atoms with Gasteiger partial charge >= 0.3 is 0 Å². The van der Waals surface area contributed by atoms with Gasteiger partial charge in [-0.25, -0.2) is 4.98 Å². The summed E-state index contributed by atoms with van der Waals surface area (Å²) in [4.78, 5) is 30.4. The quantitative estimate of drug-likeness (QED) is 0.782. The molecule has 6 nitrogen and oxygen atoms in total. The van der Waals surface area contributed by atoms with Gasteiger partial charge in [-0.3, -0.25) is 9.59 Å². The zero-order valence-corrected chi connectivity index (χ0v) is 18.4. The lowest BCUT2D eigenvalue weighted by molar-refractivity contribution is -0.148. The number of rotatable bonds is 3. The second kappa shape index (κ2) is 6.81. The van der Waals surface area contributed by atoms with E-state index in [-0.39, 0.29) is 22.8 Å². The van der Waals surface area contributed by atoms with E-state index in [9.17, 15) is 9.59 Å². The predicted molar refractivity (Wildman–Crippen MR) is 120 cm³/mol. The van der Waals surface area contributed by atoms with Crippen LogP contribution in [0.1, 0.15) is 70.5 Å². The average molecular weight is 421 g/mol. The first-order valence-electron chi connectivity index (χ1n) is 12.0. The molecule has 2 atom stereocenters. The molecule has 31 heavy (non-hydrogen) atoms. The highest BCUT2D eigenvalue weighted by Crippen LogP contribution is 2.61. The Morgan fingerprint density at radius 2 is 1.90 bits per heavy atom. The van der Waals surface area contributed by atoms with Crippen LogP contribution in [0.5, 0.6) is 0 Å². The van der Waals surface area contributed by atoms with E-state index in [0.717, 1.165) is 56.3 Å². The minimum absolute atomic E-state index is 0.0301. The number of nitrogens with one attached hydrogen (secondary N) is 2. The lowest BCUT2D eigenvalue weighted by atomic mass is 9.46.